The number of aliphatic hydroxyl groups excluding tert-OH is 2. The van der Waals surface area contributed by atoms with E-state index in [4.69, 9.17) is 0 Å². The van der Waals surface area contributed by atoms with Gasteiger partial charge in [-0.3, -0.25) is 0 Å². The van der Waals surface area contributed by atoms with E-state index < -0.39 is 0 Å². The molecule has 24 heavy (non-hydrogen) atoms. The van der Waals surface area contributed by atoms with Gasteiger partial charge in [-0.05, 0) is 97.7 Å². The van der Waals surface area contributed by atoms with Gasteiger partial charge < -0.3 is 10.2 Å². The molecule has 4 aliphatic rings. The third-order valence-electron chi connectivity index (χ3n) is 9.53. The SMILES string of the molecule is CC(C)C1CCC2C3C(CCC12C)[C@@]1(C)CCC(O)CC1C[C@H]3O. The van der Waals surface area contributed by atoms with E-state index in [0.717, 1.165) is 37.0 Å². The molecule has 4 fully saturated rings. The summed E-state index contributed by atoms with van der Waals surface area (Å²) in [5.74, 6) is 4.07. The molecule has 9 atom stereocenters. The predicted octanol–water partition coefficient (Wildman–Crippen LogP) is 4.63. The van der Waals surface area contributed by atoms with Crippen molar-refractivity contribution >= 4 is 0 Å². The van der Waals surface area contributed by atoms with Crippen molar-refractivity contribution in [2.75, 3.05) is 0 Å². The predicted molar refractivity (Wildman–Crippen MR) is 97.5 cm³/mol. The number of rotatable bonds is 1. The lowest BCUT2D eigenvalue weighted by Gasteiger charge is -2.62. The van der Waals surface area contributed by atoms with E-state index >= 15 is 0 Å². The Bertz CT molecular complexity index is 488. The molecule has 0 heterocycles. The van der Waals surface area contributed by atoms with E-state index in [1.165, 1.54) is 32.1 Å². The molecule has 7 unspecified atom stereocenters. The highest BCUT2D eigenvalue weighted by molar-refractivity contribution is 5.11. The van der Waals surface area contributed by atoms with Crippen molar-refractivity contribution in [3.05, 3.63) is 0 Å². The van der Waals surface area contributed by atoms with Crippen LogP contribution in [-0.2, 0) is 0 Å². The van der Waals surface area contributed by atoms with Crippen LogP contribution in [0.25, 0.3) is 0 Å². The Kier molecular flexibility index (Phi) is 4.12. The second-order valence-electron chi connectivity index (χ2n) is 10.7. The maximum absolute atomic E-state index is 11.1. The number of fused-ring (bicyclic) bond motifs is 5. The van der Waals surface area contributed by atoms with Crippen LogP contribution in [0.3, 0.4) is 0 Å². The van der Waals surface area contributed by atoms with Crippen LogP contribution in [0.5, 0.6) is 0 Å². The van der Waals surface area contributed by atoms with E-state index in [2.05, 4.69) is 27.7 Å². The molecular weight excluding hydrogens is 296 g/mol. The quantitative estimate of drug-likeness (QED) is 0.734. The summed E-state index contributed by atoms with van der Waals surface area (Å²) in [6, 6.07) is 0. The summed E-state index contributed by atoms with van der Waals surface area (Å²) < 4.78 is 0. The first-order valence-corrected chi connectivity index (χ1v) is 10.6. The highest BCUT2D eigenvalue weighted by Gasteiger charge is 2.62. The molecule has 2 N–H and O–H groups in total. The lowest BCUT2D eigenvalue weighted by atomic mass is 9.43. The van der Waals surface area contributed by atoms with Crippen LogP contribution in [0.2, 0.25) is 0 Å². The zero-order valence-corrected chi connectivity index (χ0v) is 16.2. The second-order valence-corrected chi connectivity index (χ2v) is 10.7. The number of hydrogen-bond acceptors (Lipinski definition) is 2. The average molecular weight is 335 g/mol. The minimum Gasteiger partial charge on any atom is -0.393 e. The molecule has 0 amide bonds. The maximum Gasteiger partial charge on any atom is 0.0577 e. The molecule has 0 saturated heterocycles. The minimum absolute atomic E-state index is 0.127. The first-order chi connectivity index (χ1) is 11.3. The Balaban J connectivity index is 1.65. The third kappa shape index (κ3) is 2.28. The fourth-order valence-electron chi connectivity index (χ4n) is 8.34. The van der Waals surface area contributed by atoms with Crippen molar-refractivity contribution in [2.24, 2.45) is 46.3 Å². The van der Waals surface area contributed by atoms with Gasteiger partial charge in [0.1, 0.15) is 0 Å². The fourth-order valence-corrected chi connectivity index (χ4v) is 8.34. The van der Waals surface area contributed by atoms with Gasteiger partial charge in [-0.1, -0.05) is 27.7 Å². The molecule has 0 radical (unpaired) electrons. The lowest BCUT2D eigenvalue weighted by molar-refractivity contribution is -0.174. The molecule has 4 saturated carbocycles. The van der Waals surface area contributed by atoms with E-state index in [0.29, 0.717) is 28.6 Å². The van der Waals surface area contributed by atoms with Crippen molar-refractivity contribution in [3.63, 3.8) is 0 Å². The molecule has 0 spiro atoms. The van der Waals surface area contributed by atoms with Gasteiger partial charge in [-0.2, -0.15) is 0 Å². The monoisotopic (exact) mass is 334 g/mol. The zero-order valence-electron chi connectivity index (χ0n) is 16.2. The normalized spacial score (nSPS) is 57.4. The topological polar surface area (TPSA) is 40.5 Å². The molecule has 0 bridgehead atoms. The van der Waals surface area contributed by atoms with Gasteiger partial charge in [-0.15, -0.1) is 0 Å². The van der Waals surface area contributed by atoms with Crippen LogP contribution in [0.4, 0.5) is 0 Å². The van der Waals surface area contributed by atoms with Crippen molar-refractivity contribution < 1.29 is 10.2 Å². The van der Waals surface area contributed by atoms with E-state index in [1.807, 2.05) is 0 Å². The Morgan fingerprint density at radius 2 is 1.50 bits per heavy atom. The Morgan fingerprint density at radius 3 is 2.21 bits per heavy atom. The Hall–Kier alpha value is -0.0800. The fraction of sp³-hybridized carbons (Fsp3) is 1.00. The van der Waals surface area contributed by atoms with Crippen molar-refractivity contribution in [3.8, 4) is 0 Å². The summed E-state index contributed by atoms with van der Waals surface area (Å²) in [4.78, 5) is 0. The third-order valence-corrected chi connectivity index (χ3v) is 9.53. The molecule has 2 heteroatoms. The van der Waals surface area contributed by atoms with Gasteiger partial charge in [0.2, 0.25) is 0 Å². The number of hydrogen-bond donors (Lipinski definition) is 2. The molecule has 0 aromatic heterocycles. The zero-order chi connectivity index (χ0) is 17.3. The molecule has 2 nitrogen and oxygen atoms in total. The summed E-state index contributed by atoms with van der Waals surface area (Å²) in [5, 5.41) is 21.3. The minimum atomic E-state index is -0.131. The van der Waals surface area contributed by atoms with Crippen LogP contribution in [0, 0.1) is 46.3 Å². The highest BCUT2D eigenvalue weighted by atomic mass is 16.3. The highest BCUT2D eigenvalue weighted by Crippen LogP contribution is 2.68. The first kappa shape index (κ1) is 17.3. The smallest absolute Gasteiger partial charge is 0.0577 e. The lowest BCUT2D eigenvalue weighted by Crippen LogP contribution is -2.58. The van der Waals surface area contributed by atoms with Crippen molar-refractivity contribution in [1.82, 2.24) is 0 Å². The van der Waals surface area contributed by atoms with Gasteiger partial charge in [0.25, 0.3) is 0 Å². The maximum atomic E-state index is 11.1. The number of aliphatic hydroxyl groups is 2. The standard InChI is InChI=1S/C22H38O2/c1-13(2)16-5-6-17-20-18(8-10-22(16,17)4)21(3)9-7-15(23)11-14(21)12-19(20)24/h13-20,23-24H,5-12H2,1-4H3/t14?,15?,16?,17?,18?,19-,20?,21+,22?/m1/s1. The molecule has 4 aliphatic carbocycles. The van der Waals surface area contributed by atoms with Crippen LogP contribution < -0.4 is 0 Å². The summed E-state index contributed by atoms with van der Waals surface area (Å²) in [5.41, 5.74) is 0.814. The molecule has 138 valence electrons. The summed E-state index contributed by atoms with van der Waals surface area (Å²) >= 11 is 0. The van der Waals surface area contributed by atoms with Gasteiger partial charge >= 0.3 is 0 Å². The van der Waals surface area contributed by atoms with Crippen LogP contribution in [-0.4, -0.2) is 22.4 Å². The van der Waals surface area contributed by atoms with Gasteiger partial charge in [0, 0.05) is 0 Å². The molecule has 0 aromatic carbocycles. The van der Waals surface area contributed by atoms with Gasteiger partial charge in [0.05, 0.1) is 12.2 Å². The van der Waals surface area contributed by atoms with Crippen LogP contribution in [0.15, 0.2) is 0 Å². The molecular formula is C22H38O2. The Morgan fingerprint density at radius 1 is 0.833 bits per heavy atom. The van der Waals surface area contributed by atoms with Crippen molar-refractivity contribution in [2.45, 2.75) is 91.3 Å². The van der Waals surface area contributed by atoms with Crippen molar-refractivity contribution in [1.29, 1.82) is 0 Å². The first-order valence-electron chi connectivity index (χ1n) is 10.6. The van der Waals surface area contributed by atoms with E-state index in [-0.39, 0.29) is 12.2 Å². The van der Waals surface area contributed by atoms with Gasteiger partial charge in [-0.25, -0.2) is 0 Å². The van der Waals surface area contributed by atoms with E-state index in [1.54, 1.807) is 0 Å². The summed E-state index contributed by atoms with van der Waals surface area (Å²) in [6.07, 6.45) is 9.12. The molecule has 0 aromatic rings. The summed E-state index contributed by atoms with van der Waals surface area (Å²) in [7, 11) is 0. The van der Waals surface area contributed by atoms with Gasteiger partial charge in [0.15, 0.2) is 0 Å². The molecule has 4 rings (SSSR count). The van der Waals surface area contributed by atoms with Crippen LogP contribution >= 0.6 is 0 Å². The average Bonchev–Trinajstić information content (AvgIpc) is 2.86. The summed E-state index contributed by atoms with van der Waals surface area (Å²) in [6.45, 7) is 9.87. The van der Waals surface area contributed by atoms with E-state index in [9.17, 15) is 10.2 Å². The molecule has 0 aliphatic heterocycles. The largest absolute Gasteiger partial charge is 0.393 e. The Labute approximate surface area is 148 Å². The van der Waals surface area contributed by atoms with Crippen LogP contribution in [0.1, 0.15) is 79.1 Å². The second kappa shape index (κ2) is 5.71.